The van der Waals surface area contributed by atoms with Crippen LogP contribution in [0.4, 0.5) is 0 Å². The van der Waals surface area contributed by atoms with E-state index in [2.05, 4.69) is 0 Å². The zero-order valence-electron chi connectivity index (χ0n) is 15.4. The predicted molar refractivity (Wildman–Crippen MR) is 108 cm³/mol. The van der Waals surface area contributed by atoms with Gasteiger partial charge in [-0.25, -0.2) is 0 Å². The average Bonchev–Trinajstić information content (AvgIpc) is 3.11. The van der Waals surface area contributed by atoms with Gasteiger partial charge in [0.25, 0.3) is 0 Å². The first-order chi connectivity index (χ1) is 12.0. The van der Waals surface area contributed by atoms with E-state index in [1.807, 2.05) is 49.6 Å². The molecule has 7 heteroatoms. The van der Waals surface area contributed by atoms with Gasteiger partial charge in [-0.1, -0.05) is 12.1 Å². The second-order valence-electron chi connectivity index (χ2n) is 5.94. The number of thiophene rings is 1. The van der Waals surface area contributed by atoms with Crippen LogP contribution in [0.15, 0.2) is 35.7 Å². The molecule has 2 N–H and O–H groups in total. The summed E-state index contributed by atoms with van der Waals surface area (Å²) in [6.07, 6.45) is 0.354. The molecule has 0 spiro atoms. The molecule has 2 rings (SSSR count). The summed E-state index contributed by atoms with van der Waals surface area (Å²) >= 11 is 1.66. The molecular formula is C19H27ClN2O3S. The normalized spacial score (nSPS) is 11.4. The molecule has 1 unspecified atom stereocenters. The van der Waals surface area contributed by atoms with Gasteiger partial charge in [-0.3, -0.25) is 4.79 Å². The summed E-state index contributed by atoms with van der Waals surface area (Å²) in [4.78, 5) is 15.2. The Morgan fingerprint density at radius 1 is 1.31 bits per heavy atom. The van der Waals surface area contributed by atoms with E-state index in [1.165, 1.54) is 0 Å². The first-order valence-corrected chi connectivity index (χ1v) is 9.26. The van der Waals surface area contributed by atoms with E-state index in [9.17, 15) is 4.79 Å². The number of nitrogens with zero attached hydrogens (tertiary/aromatic N) is 1. The minimum absolute atomic E-state index is 0. The summed E-state index contributed by atoms with van der Waals surface area (Å²) in [7, 11) is 1.62. The average molecular weight is 399 g/mol. The van der Waals surface area contributed by atoms with E-state index in [1.54, 1.807) is 23.3 Å². The van der Waals surface area contributed by atoms with E-state index < -0.39 is 0 Å². The number of nitrogens with two attached hydrogens (primary N) is 1. The van der Waals surface area contributed by atoms with Gasteiger partial charge in [0.05, 0.1) is 7.11 Å². The number of ether oxygens (including phenoxy) is 2. The van der Waals surface area contributed by atoms with Gasteiger partial charge in [0.1, 0.15) is 6.61 Å². The molecule has 26 heavy (non-hydrogen) atoms. The van der Waals surface area contributed by atoms with Gasteiger partial charge in [0.15, 0.2) is 11.5 Å². The molecule has 0 aliphatic carbocycles. The molecule has 5 nitrogen and oxygen atoms in total. The SMILES string of the molecule is CCN(Cc1ccc(OCc2cccs2)c(OC)c1)C(=O)CC(C)N.Cl. The number of hydrogen-bond donors (Lipinski definition) is 1. The van der Waals surface area contributed by atoms with Gasteiger partial charge in [0, 0.05) is 30.4 Å². The molecule has 0 saturated heterocycles. The maximum absolute atomic E-state index is 12.2. The lowest BCUT2D eigenvalue weighted by Gasteiger charge is -2.22. The lowest BCUT2D eigenvalue weighted by Crippen LogP contribution is -2.34. The van der Waals surface area contributed by atoms with Gasteiger partial charge in [-0.2, -0.15) is 0 Å². The molecule has 1 aromatic carbocycles. The highest BCUT2D eigenvalue weighted by Crippen LogP contribution is 2.29. The first kappa shape index (κ1) is 22.3. The third-order valence-corrected chi connectivity index (χ3v) is 4.63. The Balaban J connectivity index is 0.00000338. The molecule has 0 aliphatic rings. The van der Waals surface area contributed by atoms with Crippen LogP contribution in [0, 0.1) is 0 Å². The predicted octanol–water partition coefficient (Wildman–Crippen LogP) is 3.84. The Bertz CT molecular complexity index is 677. The Morgan fingerprint density at radius 2 is 2.08 bits per heavy atom. The summed E-state index contributed by atoms with van der Waals surface area (Å²) in [6.45, 7) is 5.50. The minimum atomic E-state index is -0.135. The molecule has 1 aromatic heterocycles. The molecule has 0 bridgehead atoms. The molecule has 1 amide bonds. The minimum Gasteiger partial charge on any atom is -0.493 e. The third kappa shape index (κ3) is 6.52. The fourth-order valence-electron chi connectivity index (χ4n) is 2.47. The summed E-state index contributed by atoms with van der Waals surface area (Å²) < 4.78 is 11.3. The van der Waals surface area contributed by atoms with Crippen molar-refractivity contribution in [2.24, 2.45) is 5.73 Å². The van der Waals surface area contributed by atoms with Crippen molar-refractivity contribution in [3.8, 4) is 11.5 Å². The second-order valence-corrected chi connectivity index (χ2v) is 6.97. The number of methoxy groups -OCH3 is 1. The van der Waals surface area contributed by atoms with Crippen molar-refractivity contribution in [3.05, 3.63) is 46.2 Å². The Kier molecular flexibility index (Phi) is 9.48. The maximum atomic E-state index is 12.2. The van der Waals surface area contributed by atoms with Crippen molar-refractivity contribution in [3.63, 3.8) is 0 Å². The smallest absolute Gasteiger partial charge is 0.224 e. The molecule has 0 fully saturated rings. The molecule has 0 saturated carbocycles. The van der Waals surface area contributed by atoms with E-state index >= 15 is 0 Å². The van der Waals surface area contributed by atoms with Crippen LogP contribution in [0.2, 0.25) is 0 Å². The summed E-state index contributed by atoms with van der Waals surface area (Å²) in [6, 6.07) is 9.69. The van der Waals surface area contributed by atoms with Crippen LogP contribution in [-0.2, 0) is 17.9 Å². The molecule has 2 aromatic rings. The molecule has 144 valence electrons. The van der Waals surface area contributed by atoms with Crippen molar-refractivity contribution < 1.29 is 14.3 Å². The lowest BCUT2D eigenvalue weighted by molar-refractivity contribution is -0.131. The van der Waals surface area contributed by atoms with Crippen molar-refractivity contribution in [1.29, 1.82) is 0 Å². The third-order valence-electron chi connectivity index (χ3n) is 3.78. The fourth-order valence-corrected chi connectivity index (χ4v) is 3.09. The highest BCUT2D eigenvalue weighted by molar-refractivity contribution is 7.09. The van der Waals surface area contributed by atoms with E-state index in [4.69, 9.17) is 15.2 Å². The number of carbonyl (C=O) groups excluding carboxylic acids is 1. The quantitative estimate of drug-likeness (QED) is 0.696. The van der Waals surface area contributed by atoms with Gasteiger partial charge >= 0.3 is 0 Å². The van der Waals surface area contributed by atoms with Crippen molar-refractivity contribution in [1.82, 2.24) is 4.90 Å². The van der Waals surface area contributed by atoms with E-state index in [0.29, 0.717) is 37.6 Å². The van der Waals surface area contributed by atoms with Crippen LogP contribution in [-0.4, -0.2) is 30.5 Å². The molecular weight excluding hydrogens is 372 g/mol. The van der Waals surface area contributed by atoms with E-state index in [0.717, 1.165) is 10.4 Å². The van der Waals surface area contributed by atoms with Crippen molar-refractivity contribution >= 4 is 29.7 Å². The standard InChI is InChI=1S/C19H26N2O3S.ClH/c1-4-21(19(22)10-14(2)20)12-15-7-8-17(18(11-15)23-3)24-13-16-6-5-9-25-16;/h5-9,11,14H,4,10,12-13,20H2,1-3H3;1H. The van der Waals surface area contributed by atoms with E-state index in [-0.39, 0.29) is 24.4 Å². The zero-order valence-corrected chi connectivity index (χ0v) is 17.1. The molecule has 0 aliphatic heterocycles. The van der Waals surface area contributed by atoms with Gasteiger partial charge in [0.2, 0.25) is 5.91 Å². The van der Waals surface area contributed by atoms with Gasteiger partial charge in [-0.15, -0.1) is 23.7 Å². The highest BCUT2D eigenvalue weighted by atomic mass is 35.5. The van der Waals surface area contributed by atoms with Crippen molar-refractivity contribution in [2.75, 3.05) is 13.7 Å². The summed E-state index contributed by atoms with van der Waals surface area (Å²) in [5.74, 6) is 1.43. The van der Waals surface area contributed by atoms with Crippen LogP contribution in [0.3, 0.4) is 0 Å². The number of carbonyl (C=O) groups is 1. The fraction of sp³-hybridized carbons (Fsp3) is 0.421. The highest BCUT2D eigenvalue weighted by Gasteiger charge is 2.15. The van der Waals surface area contributed by atoms with Crippen LogP contribution >= 0.6 is 23.7 Å². The number of rotatable bonds is 9. The summed E-state index contributed by atoms with van der Waals surface area (Å²) in [5, 5.41) is 2.03. The first-order valence-electron chi connectivity index (χ1n) is 8.39. The monoisotopic (exact) mass is 398 g/mol. The molecule has 1 atom stereocenters. The molecule has 1 heterocycles. The topological polar surface area (TPSA) is 64.8 Å². The number of hydrogen-bond acceptors (Lipinski definition) is 5. The van der Waals surface area contributed by atoms with Crippen LogP contribution in [0.5, 0.6) is 11.5 Å². The largest absolute Gasteiger partial charge is 0.493 e. The number of amides is 1. The van der Waals surface area contributed by atoms with Crippen LogP contribution < -0.4 is 15.2 Å². The van der Waals surface area contributed by atoms with Crippen LogP contribution in [0.1, 0.15) is 30.7 Å². The number of benzene rings is 1. The maximum Gasteiger partial charge on any atom is 0.224 e. The lowest BCUT2D eigenvalue weighted by atomic mass is 10.1. The zero-order chi connectivity index (χ0) is 18.2. The van der Waals surface area contributed by atoms with Gasteiger partial charge in [-0.05, 0) is 43.0 Å². The molecule has 0 radical (unpaired) electrons. The Labute approximate surface area is 165 Å². The summed E-state index contributed by atoms with van der Waals surface area (Å²) in [5.41, 5.74) is 6.74. The second kappa shape index (κ2) is 11.1. The van der Waals surface area contributed by atoms with Gasteiger partial charge < -0.3 is 20.1 Å². The Hall–Kier alpha value is -1.76. The van der Waals surface area contributed by atoms with Crippen LogP contribution in [0.25, 0.3) is 0 Å². The number of halogens is 1. The van der Waals surface area contributed by atoms with Crippen molar-refractivity contribution in [2.45, 2.75) is 39.5 Å². The Morgan fingerprint density at radius 3 is 2.65 bits per heavy atom.